The third-order valence-corrected chi connectivity index (χ3v) is 3.65. The molecule has 3 rings (SSSR count). The third-order valence-electron chi connectivity index (χ3n) is 3.65. The smallest absolute Gasteiger partial charge is 0.267 e. The van der Waals surface area contributed by atoms with Gasteiger partial charge in [0.15, 0.2) is 6.19 Å². The number of hydrazine groups is 1. The van der Waals surface area contributed by atoms with Gasteiger partial charge in [-0.15, -0.1) is 0 Å². The first-order chi connectivity index (χ1) is 9.81. The first-order valence-corrected chi connectivity index (χ1v) is 6.78. The predicted octanol–water partition coefficient (Wildman–Crippen LogP) is 2.77. The molecular weight excluding hydrogens is 250 g/mol. The Balaban J connectivity index is 2.02. The molecule has 4 nitrogen and oxygen atoms in total. The summed E-state index contributed by atoms with van der Waals surface area (Å²) in [5.41, 5.74) is 0.658. The standard InChI is InChI=1S/C16H15N3O/c17-12-18-10-3-4-11-19(18)16(20)15-9-5-7-13-6-1-2-8-14(13)15/h1-2,5-9H,3-4,10-11H2. The number of benzene rings is 2. The summed E-state index contributed by atoms with van der Waals surface area (Å²) in [6.45, 7) is 1.22. The second-order valence-corrected chi connectivity index (χ2v) is 4.89. The number of amides is 1. The molecule has 20 heavy (non-hydrogen) atoms. The number of carbonyl (C=O) groups excluding carboxylic acids is 1. The molecule has 0 unspecified atom stereocenters. The molecule has 0 saturated carbocycles. The van der Waals surface area contributed by atoms with Gasteiger partial charge in [0.1, 0.15) is 0 Å². The number of rotatable bonds is 1. The van der Waals surface area contributed by atoms with Crippen molar-refractivity contribution in [3.05, 3.63) is 48.0 Å². The van der Waals surface area contributed by atoms with Gasteiger partial charge in [0.25, 0.3) is 5.91 Å². The minimum absolute atomic E-state index is 0.0944. The van der Waals surface area contributed by atoms with Crippen LogP contribution in [0.1, 0.15) is 23.2 Å². The first-order valence-electron chi connectivity index (χ1n) is 6.78. The Morgan fingerprint density at radius 1 is 1.05 bits per heavy atom. The van der Waals surface area contributed by atoms with Crippen molar-refractivity contribution >= 4 is 16.7 Å². The largest absolute Gasteiger partial charge is 0.273 e. The van der Waals surface area contributed by atoms with Crippen LogP contribution >= 0.6 is 0 Å². The number of hydrogen-bond donors (Lipinski definition) is 0. The minimum atomic E-state index is -0.0944. The zero-order valence-electron chi connectivity index (χ0n) is 11.1. The Morgan fingerprint density at radius 3 is 2.65 bits per heavy atom. The van der Waals surface area contributed by atoms with Crippen LogP contribution in [0.5, 0.6) is 0 Å². The summed E-state index contributed by atoms with van der Waals surface area (Å²) in [4.78, 5) is 12.7. The first kappa shape index (κ1) is 12.5. The zero-order chi connectivity index (χ0) is 13.9. The van der Waals surface area contributed by atoms with Gasteiger partial charge in [-0.25, -0.2) is 10.0 Å². The van der Waals surface area contributed by atoms with Crippen molar-refractivity contribution in [1.29, 1.82) is 5.26 Å². The Hall–Kier alpha value is -2.54. The fraction of sp³-hybridized carbons (Fsp3) is 0.250. The Bertz CT molecular complexity index is 684. The van der Waals surface area contributed by atoms with Crippen LogP contribution in [0.4, 0.5) is 0 Å². The monoisotopic (exact) mass is 265 g/mol. The van der Waals surface area contributed by atoms with Gasteiger partial charge < -0.3 is 0 Å². The number of nitriles is 1. The molecule has 4 heteroatoms. The second kappa shape index (κ2) is 5.22. The molecule has 0 aliphatic carbocycles. The molecule has 2 aromatic carbocycles. The molecule has 0 N–H and O–H groups in total. The van der Waals surface area contributed by atoms with Crippen molar-refractivity contribution in [2.24, 2.45) is 0 Å². The Labute approximate surface area is 117 Å². The van der Waals surface area contributed by atoms with Crippen molar-refractivity contribution < 1.29 is 4.79 Å². The van der Waals surface area contributed by atoms with E-state index in [1.54, 1.807) is 5.01 Å². The van der Waals surface area contributed by atoms with Gasteiger partial charge >= 0.3 is 0 Å². The summed E-state index contributed by atoms with van der Waals surface area (Å²) in [6, 6.07) is 13.5. The maximum Gasteiger partial charge on any atom is 0.273 e. The number of hydrogen-bond acceptors (Lipinski definition) is 3. The number of nitrogens with zero attached hydrogens (tertiary/aromatic N) is 3. The van der Waals surface area contributed by atoms with E-state index in [4.69, 9.17) is 5.26 Å². The van der Waals surface area contributed by atoms with E-state index in [-0.39, 0.29) is 5.91 Å². The van der Waals surface area contributed by atoms with Crippen LogP contribution in [-0.2, 0) is 0 Å². The summed E-state index contributed by atoms with van der Waals surface area (Å²) < 4.78 is 0. The van der Waals surface area contributed by atoms with Crippen molar-refractivity contribution in [3.63, 3.8) is 0 Å². The highest BCUT2D eigenvalue weighted by Crippen LogP contribution is 2.22. The van der Waals surface area contributed by atoms with Crippen molar-refractivity contribution in [2.75, 3.05) is 13.1 Å². The highest BCUT2D eigenvalue weighted by molar-refractivity contribution is 6.06. The Kier molecular flexibility index (Phi) is 3.26. The quantitative estimate of drug-likeness (QED) is 0.745. The van der Waals surface area contributed by atoms with E-state index in [0.717, 1.165) is 23.6 Å². The molecule has 0 spiro atoms. The summed E-state index contributed by atoms with van der Waals surface area (Å²) in [5.74, 6) is -0.0944. The molecule has 1 amide bonds. The van der Waals surface area contributed by atoms with Crippen molar-refractivity contribution in [3.8, 4) is 6.19 Å². The molecule has 2 aromatic rings. The van der Waals surface area contributed by atoms with Crippen molar-refractivity contribution in [1.82, 2.24) is 10.0 Å². The Morgan fingerprint density at radius 2 is 1.80 bits per heavy atom. The van der Waals surface area contributed by atoms with Gasteiger partial charge in [-0.3, -0.25) is 4.79 Å². The van der Waals surface area contributed by atoms with Crippen LogP contribution in [-0.4, -0.2) is 29.0 Å². The molecular formula is C16H15N3O. The van der Waals surface area contributed by atoms with E-state index in [1.807, 2.05) is 42.5 Å². The van der Waals surface area contributed by atoms with Gasteiger partial charge in [-0.1, -0.05) is 36.4 Å². The maximum atomic E-state index is 12.7. The zero-order valence-corrected chi connectivity index (χ0v) is 11.1. The van der Waals surface area contributed by atoms with Crippen LogP contribution in [0.3, 0.4) is 0 Å². The molecule has 0 radical (unpaired) electrons. The lowest BCUT2D eigenvalue weighted by Crippen LogP contribution is -2.47. The maximum absolute atomic E-state index is 12.7. The molecule has 0 aromatic heterocycles. The molecule has 100 valence electrons. The van der Waals surface area contributed by atoms with Gasteiger partial charge in [0.2, 0.25) is 0 Å². The number of fused-ring (bicyclic) bond motifs is 1. The van der Waals surface area contributed by atoms with Crippen LogP contribution in [0, 0.1) is 11.5 Å². The summed E-state index contributed by atoms with van der Waals surface area (Å²) in [5, 5.41) is 14.2. The van der Waals surface area contributed by atoms with E-state index in [2.05, 4.69) is 6.19 Å². The van der Waals surface area contributed by atoms with Gasteiger partial charge in [-0.2, -0.15) is 5.26 Å². The van der Waals surface area contributed by atoms with E-state index >= 15 is 0 Å². The molecule has 0 bridgehead atoms. The van der Waals surface area contributed by atoms with E-state index < -0.39 is 0 Å². The van der Waals surface area contributed by atoms with Crippen LogP contribution in [0.25, 0.3) is 10.8 Å². The van der Waals surface area contributed by atoms with Crippen LogP contribution in [0.2, 0.25) is 0 Å². The highest BCUT2D eigenvalue weighted by Gasteiger charge is 2.25. The number of carbonyl (C=O) groups is 1. The molecule has 1 aliphatic heterocycles. The molecule has 1 saturated heterocycles. The molecule has 1 heterocycles. The lowest BCUT2D eigenvalue weighted by molar-refractivity contribution is 0.00756. The van der Waals surface area contributed by atoms with Crippen LogP contribution < -0.4 is 0 Å². The fourth-order valence-electron chi connectivity index (χ4n) is 2.63. The summed E-state index contributed by atoms with van der Waals surface area (Å²) >= 11 is 0. The minimum Gasteiger partial charge on any atom is -0.267 e. The van der Waals surface area contributed by atoms with Crippen LogP contribution in [0.15, 0.2) is 42.5 Å². The topological polar surface area (TPSA) is 47.3 Å². The molecule has 1 fully saturated rings. The average Bonchev–Trinajstić information content (AvgIpc) is 2.53. The van der Waals surface area contributed by atoms with Gasteiger partial charge in [-0.05, 0) is 29.7 Å². The lowest BCUT2D eigenvalue weighted by Gasteiger charge is -2.34. The predicted molar refractivity (Wildman–Crippen MR) is 76.5 cm³/mol. The lowest BCUT2D eigenvalue weighted by atomic mass is 10.0. The molecule has 0 atom stereocenters. The summed E-state index contributed by atoms with van der Waals surface area (Å²) in [7, 11) is 0. The van der Waals surface area contributed by atoms with E-state index in [0.29, 0.717) is 18.7 Å². The SMILES string of the molecule is N#CN1CCCCN1C(=O)c1cccc2ccccc12. The normalized spacial score (nSPS) is 15.2. The van der Waals surface area contributed by atoms with Crippen molar-refractivity contribution in [2.45, 2.75) is 12.8 Å². The third kappa shape index (κ3) is 2.08. The van der Waals surface area contributed by atoms with E-state index in [9.17, 15) is 4.79 Å². The summed E-state index contributed by atoms with van der Waals surface area (Å²) in [6.07, 6.45) is 3.98. The molecule has 1 aliphatic rings. The van der Waals surface area contributed by atoms with Gasteiger partial charge in [0, 0.05) is 12.1 Å². The highest BCUT2D eigenvalue weighted by atomic mass is 16.2. The average molecular weight is 265 g/mol. The fourth-order valence-corrected chi connectivity index (χ4v) is 2.63. The second-order valence-electron chi connectivity index (χ2n) is 4.89. The van der Waals surface area contributed by atoms with E-state index in [1.165, 1.54) is 5.01 Å². The van der Waals surface area contributed by atoms with Gasteiger partial charge in [0.05, 0.1) is 6.54 Å².